The van der Waals surface area contributed by atoms with Crippen LogP contribution in [0.15, 0.2) is 24.4 Å². The highest BCUT2D eigenvalue weighted by atomic mass is 15.0. The summed E-state index contributed by atoms with van der Waals surface area (Å²) in [6, 6.07) is 6.22. The normalized spacial score (nSPS) is 26.9. The highest BCUT2D eigenvalue weighted by Crippen LogP contribution is 2.35. The Morgan fingerprint density at radius 2 is 2.20 bits per heavy atom. The zero-order valence-electron chi connectivity index (χ0n) is 9.66. The number of hydrogen-bond donors (Lipinski definition) is 1. The van der Waals surface area contributed by atoms with Crippen molar-refractivity contribution < 1.29 is 0 Å². The highest BCUT2D eigenvalue weighted by Gasteiger charge is 2.37. The van der Waals surface area contributed by atoms with Crippen molar-refractivity contribution in [1.82, 2.24) is 10.3 Å². The minimum absolute atomic E-state index is 0.111. The van der Waals surface area contributed by atoms with Crippen molar-refractivity contribution in [3.05, 3.63) is 30.1 Å². The molecule has 0 radical (unpaired) electrons. The number of aromatic nitrogens is 1. The average molecular weight is 204 g/mol. The zero-order valence-corrected chi connectivity index (χ0v) is 9.66. The third kappa shape index (κ3) is 1.91. The van der Waals surface area contributed by atoms with E-state index in [1.807, 2.05) is 12.3 Å². The molecular weight excluding hydrogens is 184 g/mol. The van der Waals surface area contributed by atoms with Gasteiger partial charge in [-0.15, -0.1) is 0 Å². The molecule has 0 aromatic carbocycles. The third-order valence-corrected chi connectivity index (χ3v) is 3.55. The second-order valence-electron chi connectivity index (χ2n) is 4.72. The Morgan fingerprint density at radius 1 is 1.33 bits per heavy atom. The molecule has 2 heteroatoms. The van der Waals surface area contributed by atoms with Crippen LogP contribution in [0.4, 0.5) is 0 Å². The molecule has 0 amide bonds. The predicted octanol–water partition coefficient (Wildman–Crippen LogP) is 2.71. The highest BCUT2D eigenvalue weighted by molar-refractivity contribution is 5.17. The molecule has 2 heterocycles. The van der Waals surface area contributed by atoms with Crippen LogP contribution in [-0.4, -0.2) is 11.5 Å². The van der Waals surface area contributed by atoms with Crippen LogP contribution in [0.25, 0.3) is 0 Å². The van der Waals surface area contributed by atoms with E-state index in [2.05, 4.69) is 36.3 Å². The molecule has 0 spiro atoms. The first-order valence-corrected chi connectivity index (χ1v) is 5.92. The molecule has 1 atom stereocenters. The molecule has 1 fully saturated rings. The molecule has 1 aliphatic rings. The van der Waals surface area contributed by atoms with Crippen LogP contribution in [0.2, 0.25) is 0 Å². The molecule has 1 aliphatic heterocycles. The van der Waals surface area contributed by atoms with Gasteiger partial charge in [-0.3, -0.25) is 4.98 Å². The fourth-order valence-electron chi connectivity index (χ4n) is 2.56. The summed E-state index contributed by atoms with van der Waals surface area (Å²) in [6.45, 7) is 5.69. The maximum atomic E-state index is 4.53. The summed E-state index contributed by atoms with van der Waals surface area (Å²) in [5, 5.41) is 3.69. The second-order valence-corrected chi connectivity index (χ2v) is 4.72. The average Bonchev–Trinajstić information content (AvgIpc) is 2.31. The Labute approximate surface area is 92.1 Å². The van der Waals surface area contributed by atoms with Gasteiger partial charge in [0, 0.05) is 6.20 Å². The summed E-state index contributed by atoms with van der Waals surface area (Å²) >= 11 is 0. The lowest BCUT2D eigenvalue weighted by Crippen LogP contribution is -2.50. The van der Waals surface area contributed by atoms with E-state index >= 15 is 0 Å². The maximum Gasteiger partial charge on any atom is 0.0631 e. The van der Waals surface area contributed by atoms with Gasteiger partial charge in [0.15, 0.2) is 0 Å². The summed E-state index contributed by atoms with van der Waals surface area (Å²) in [7, 11) is 0. The van der Waals surface area contributed by atoms with Gasteiger partial charge in [-0.05, 0) is 43.9 Å². The summed E-state index contributed by atoms with van der Waals surface area (Å²) in [5.74, 6) is 0.590. The van der Waals surface area contributed by atoms with Crippen molar-refractivity contribution in [3.8, 4) is 0 Å². The molecule has 1 N–H and O–H groups in total. The number of piperidine rings is 1. The zero-order chi connectivity index (χ0) is 10.7. The lowest BCUT2D eigenvalue weighted by Gasteiger charge is -2.41. The quantitative estimate of drug-likeness (QED) is 0.801. The van der Waals surface area contributed by atoms with E-state index in [4.69, 9.17) is 0 Å². The molecular formula is C13H20N2. The van der Waals surface area contributed by atoms with E-state index in [1.54, 1.807) is 0 Å². The van der Waals surface area contributed by atoms with Crippen LogP contribution in [0.1, 0.15) is 38.8 Å². The minimum Gasteiger partial charge on any atom is -0.306 e. The first-order valence-electron chi connectivity index (χ1n) is 5.92. The standard InChI is InChI=1S/C13H20N2/c1-11(2)13(8-4-6-10-15-13)12-7-3-5-9-14-12/h3,5,7,9,11,15H,4,6,8,10H2,1-2H3. The summed E-state index contributed by atoms with van der Waals surface area (Å²) in [4.78, 5) is 4.53. The SMILES string of the molecule is CC(C)C1(c2ccccn2)CCCCN1. The summed E-state index contributed by atoms with van der Waals surface area (Å²) in [5.41, 5.74) is 1.32. The van der Waals surface area contributed by atoms with Crippen LogP contribution >= 0.6 is 0 Å². The van der Waals surface area contributed by atoms with Crippen molar-refractivity contribution in [1.29, 1.82) is 0 Å². The molecule has 0 bridgehead atoms. The summed E-state index contributed by atoms with van der Waals surface area (Å²) < 4.78 is 0. The second kappa shape index (κ2) is 4.31. The molecule has 1 aromatic heterocycles. The van der Waals surface area contributed by atoms with Gasteiger partial charge in [-0.1, -0.05) is 19.9 Å². The third-order valence-electron chi connectivity index (χ3n) is 3.55. The lowest BCUT2D eigenvalue weighted by atomic mass is 9.76. The number of nitrogens with one attached hydrogen (secondary N) is 1. The minimum atomic E-state index is 0.111. The first-order chi connectivity index (χ1) is 7.26. The van der Waals surface area contributed by atoms with Gasteiger partial charge in [-0.2, -0.15) is 0 Å². The van der Waals surface area contributed by atoms with Crippen LogP contribution in [0.3, 0.4) is 0 Å². The lowest BCUT2D eigenvalue weighted by molar-refractivity contribution is 0.179. The van der Waals surface area contributed by atoms with Gasteiger partial charge in [0.1, 0.15) is 0 Å². The molecule has 82 valence electrons. The van der Waals surface area contributed by atoms with Crippen LogP contribution in [0.5, 0.6) is 0 Å². The topological polar surface area (TPSA) is 24.9 Å². The molecule has 2 nitrogen and oxygen atoms in total. The maximum absolute atomic E-state index is 4.53. The molecule has 1 saturated heterocycles. The van der Waals surface area contributed by atoms with Gasteiger partial charge < -0.3 is 5.32 Å². The fraction of sp³-hybridized carbons (Fsp3) is 0.615. The van der Waals surface area contributed by atoms with Crippen molar-refractivity contribution in [3.63, 3.8) is 0 Å². The van der Waals surface area contributed by atoms with Gasteiger partial charge in [0.05, 0.1) is 11.2 Å². The number of pyridine rings is 1. The fourth-order valence-corrected chi connectivity index (χ4v) is 2.56. The van der Waals surface area contributed by atoms with Gasteiger partial charge >= 0.3 is 0 Å². The van der Waals surface area contributed by atoms with E-state index in [9.17, 15) is 0 Å². The number of rotatable bonds is 2. The van der Waals surface area contributed by atoms with E-state index in [0.29, 0.717) is 5.92 Å². The van der Waals surface area contributed by atoms with Crippen molar-refractivity contribution in [2.75, 3.05) is 6.54 Å². The van der Waals surface area contributed by atoms with Gasteiger partial charge in [-0.25, -0.2) is 0 Å². The smallest absolute Gasteiger partial charge is 0.0631 e. The van der Waals surface area contributed by atoms with Crippen LogP contribution in [0, 0.1) is 5.92 Å². The molecule has 2 rings (SSSR count). The summed E-state index contributed by atoms with van der Waals surface area (Å²) in [6.07, 6.45) is 5.71. The van der Waals surface area contributed by atoms with Crippen LogP contribution in [-0.2, 0) is 5.54 Å². The first kappa shape index (κ1) is 10.6. The van der Waals surface area contributed by atoms with Crippen molar-refractivity contribution in [2.24, 2.45) is 5.92 Å². The molecule has 1 unspecified atom stereocenters. The monoisotopic (exact) mass is 204 g/mol. The van der Waals surface area contributed by atoms with Crippen molar-refractivity contribution >= 4 is 0 Å². The Bertz CT molecular complexity index is 300. The molecule has 0 saturated carbocycles. The van der Waals surface area contributed by atoms with Crippen molar-refractivity contribution in [2.45, 2.75) is 38.6 Å². The molecule has 15 heavy (non-hydrogen) atoms. The largest absolute Gasteiger partial charge is 0.306 e. The Balaban J connectivity index is 2.34. The van der Waals surface area contributed by atoms with E-state index in [-0.39, 0.29) is 5.54 Å². The number of hydrogen-bond acceptors (Lipinski definition) is 2. The van der Waals surface area contributed by atoms with Gasteiger partial charge in [0.25, 0.3) is 0 Å². The Hall–Kier alpha value is -0.890. The Kier molecular flexibility index (Phi) is 3.06. The van der Waals surface area contributed by atoms with Crippen LogP contribution < -0.4 is 5.32 Å². The van der Waals surface area contributed by atoms with E-state index in [0.717, 1.165) is 6.54 Å². The molecule has 1 aromatic rings. The Morgan fingerprint density at radius 3 is 2.73 bits per heavy atom. The molecule has 0 aliphatic carbocycles. The van der Waals surface area contributed by atoms with Gasteiger partial charge in [0.2, 0.25) is 0 Å². The van der Waals surface area contributed by atoms with E-state index < -0.39 is 0 Å². The predicted molar refractivity (Wildman–Crippen MR) is 62.6 cm³/mol. The number of nitrogens with zero attached hydrogens (tertiary/aromatic N) is 1. The van der Waals surface area contributed by atoms with E-state index in [1.165, 1.54) is 25.0 Å².